The highest BCUT2D eigenvalue weighted by Gasteiger charge is 2.20. The van der Waals surface area contributed by atoms with Crippen LogP contribution in [0.2, 0.25) is 0 Å². The maximum atomic E-state index is 12.0. The van der Waals surface area contributed by atoms with Gasteiger partial charge in [0.1, 0.15) is 0 Å². The van der Waals surface area contributed by atoms with Crippen LogP contribution in [0.5, 0.6) is 0 Å². The molecule has 0 fully saturated rings. The van der Waals surface area contributed by atoms with Crippen LogP contribution in [-0.4, -0.2) is 23.5 Å². The van der Waals surface area contributed by atoms with Crippen molar-refractivity contribution in [2.45, 2.75) is 18.5 Å². The molecular weight excluding hydrogens is 272 g/mol. The largest absolute Gasteiger partial charge is 0.338 e. The third-order valence-corrected chi connectivity index (χ3v) is 3.52. The summed E-state index contributed by atoms with van der Waals surface area (Å²) in [6.07, 6.45) is 1.35. The lowest BCUT2D eigenvalue weighted by molar-refractivity contribution is 0.372. The third-order valence-electron chi connectivity index (χ3n) is 2.16. The molecule has 19 heavy (non-hydrogen) atoms. The van der Waals surface area contributed by atoms with Gasteiger partial charge in [0.2, 0.25) is 5.89 Å². The number of rotatable bonds is 5. The average Bonchev–Trinajstić information content (AvgIpc) is 2.82. The Hall–Kier alpha value is -2.04. The highest BCUT2D eigenvalue weighted by Crippen LogP contribution is 2.16. The Bertz CT molecular complexity index is 668. The van der Waals surface area contributed by atoms with E-state index in [1.54, 1.807) is 13.0 Å². The maximum absolute atomic E-state index is 12.0. The highest BCUT2D eigenvalue weighted by molar-refractivity contribution is 7.89. The Balaban J connectivity index is 2.18. The Labute approximate surface area is 109 Å². The SMILES string of the molecule is Cc1noc(CNS(=O)(=O)c2ncccc2NN)n1. The first kappa shape index (κ1) is 13.4. The molecule has 2 rings (SSSR count). The first-order valence-corrected chi connectivity index (χ1v) is 6.72. The van der Waals surface area contributed by atoms with Gasteiger partial charge in [-0.25, -0.2) is 18.1 Å². The van der Waals surface area contributed by atoms with Gasteiger partial charge in [0, 0.05) is 6.20 Å². The van der Waals surface area contributed by atoms with Gasteiger partial charge in [-0.1, -0.05) is 5.16 Å². The number of nitrogen functional groups attached to an aromatic ring is 1. The molecule has 0 amide bonds. The van der Waals surface area contributed by atoms with Crippen LogP contribution < -0.4 is 16.0 Å². The quantitative estimate of drug-likeness (QED) is 0.495. The van der Waals surface area contributed by atoms with E-state index in [0.717, 1.165) is 0 Å². The fourth-order valence-electron chi connectivity index (χ4n) is 1.35. The van der Waals surface area contributed by atoms with Crippen LogP contribution in [-0.2, 0) is 16.6 Å². The Morgan fingerprint density at radius 2 is 2.26 bits per heavy atom. The molecule has 0 saturated carbocycles. The number of anilines is 1. The number of nitrogens with two attached hydrogens (primary N) is 1. The number of nitrogens with zero attached hydrogens (tertiary/aromatic N) is 3. The van der Waals surface area contributed by atoms with Crippen molar-refractivity contribution in [3.05, 3.63) is 30.0 Å². The lowest BCUT2D eigenvalue weighted by Crippen LogP contribution is -2.26. The van der Waals surface area contributed by atoms with E-state index in [4.69, 9.17) is 10.4 Å². The van der Waals surface area contributed by atoms with Crippen LogP contribution in [0.25, 0.3) is 0 Å². The molecule has 0 saturated heterocycles. The molecule has 2 aromatic heterocycles. The van der Waals surface area contributed by atoms with Crippen LogP contribution in [0, 0.1) is 6.92 Å². The first-order chi connectivity index (χ1) is 9.03. The van der Waals surface area contributed by atoms with Crippen molar-refractivity contribution < 1.29 is 12.9 Å². The number of hydrazine groups is 1. The minimum atomic E-state index is -3.82. The second kappa shape index (κ2) is 5.30. The number of pyridine rings is 1. The summed E-state index contributed by atoms with van der Waals surface area (Å²) in [5.41, 5.74) is 2.46. The molecule has 0 aromatic carbocycles. The molecule has 10 heteroatoms. The van der Waals surface area contributed by atoms with Crippen LogP contribution in [0.1, 0.15) is 11.7 Å². The molecule has 0 bridgehead atoms. The second-order valence-electron chi connectivity index (χ2n) is 3.56. The standard InChI is InChI=1S/C9H12N6O3S/c1-6-13-8(18-15-6)5-12-19(16,17)9-7(14-10)3-2-4-11-9/h2-4,12,14H,5,10H2,1H3. The summed E-state index contributed by atoms with van der Waals surface area (Å²) in [4.78, 5) is 7.66. The van der Waals surface area contributed by atoms with Crippen molar-refractivity contribution in [2.75, 3.05) is 5.43 Å². The fraction of sp³-hybridized carbons (Fsp3) is 0.222. The molecule has 4 N–H and O–H groups in total. The molecule has 0 aliphatic carbocycles. The topological polar surface area (TPSA) is 136 Å². The first-order valence-electron chi connectivity index (χ1n) is 5.23. The predicted molar refractivity (Wildman–Crippen MR) is 65.1 cm³/mol. The van der Waals surface area contributed by atoms with E-state index in [-0.39, 0.29) is 23.1 Å². The lowest BCUT2D eigenvalue weighted by atomic mass is 10.4. The Morgan fingerprint density at radius 1 is 1.47 bits per heavy atom. The van der Waals surface area contributed by atoms with E-state index in [9.17, 15) is 8.42 Å². The average molecular weight is 284 g/mol. The predicted octanol–water partition coefficient (Wildman–Crippen LogP) is -0.463. The molecule has 0 aliphatic heterocycles. The van der Waals surface area contributed by atoms with Crippen LogP contribution in [0.3, 0.4) is 0 Å². The van der Waals surface area contributed by atoms with Crippen molar-refractivity contribution in [1.82, 2.24) is 19.8 Å². The number of aryl methyl sites for hydroxylation is 1. The highest BCUT2D eigenvalue weighted by atomic mass is 32.2. The third kappa shape index (κ3) is 3.05. The summed E-state index contributed by atoms with van der Waals surface area (Å²) in [6.45, 7) is 1.51. The fourth-order valence-corrected chi connectivity index (χ4v) is 2.42. The van der Waals surface area contributed by atoms with E-state index < -0.39 is 10.0 Å². The van der Waals surface area contributed by atoms with Gasteiger partial charge in [0.05, 0.1) is 12.2 Å². The van der Waals surface area contributed by atoms with Crippen molar-refractivity contribution in [2.24, 2.45) is 5.84 Å². The van der Waals surface area contributed by atoms with Gasteiger partial charge in [-0.3, -0.25) is 5.84 Å². The molecule has 9 nitrogen and oxygen atoms in total. The number of nitrogens with one attached hydrogen (secondary N) is 2. The summed E-state index contributed by atoms with van der Waals surface area (Å²) in [7, 11) is -3.82. The zero-order chi connectivity index (χ0) is 13.9. The number of hydrogen-bond acceptors (Lipinski definition) is 8. The second-order valence-corrected chi connectivity index (χ2v) is 5.24. The van der Waals surface area contributed by atoms with Gasteiger partial charge >= 0.3 is 0 Å². The summed E-state index contributed by atoms with van der Waals surface area (Å²) >= 11 is 0. The normalized spacial score (nSPS) is 11.5. The molecule has 0 spiro atoms. The molecule has 0 unspecified atom stereocenters. The smallest absolute Gasteiger partial charge is 0.260 e. The van der Waals surface area contributed by atoms with Crippen molar-refractivity contribution in [3.8, 4) is 0 Å². The van der Waals surface area contributed by atoms with E-state index in [1.807, 2.05) is 0 Å². The summed E-state index contributed by atoms with van der Waals surface area (Å²) in [6, 6.07) is 3.06. The Kier molecular flexibility index (Phi) is 3.74. The number of aromatic nitrogens is 3. The number of sulfonamides is 1. The number of hydrogen-bond donors (Lipinski definition) is 3. The molecule has 0 radical (unpaired) electrons. The maximum Gasteiger partial charge on any atom is 0.260 e. The van der Waals surface area contributed by atoms with Crippen molar-refractivity contribution in [1.29, 1.82) is 0 Å². The molecule has 0 aliphatic rings. The molecule has 2 heterocycles. The van der Waals surface area contributed by atoms with E-state index >= 15 is 0 Å². The van der Waals surface area contributed by atoms with Crippen molar-refractivity contribution >= 4 is 15.7 Å². The van der Waals surface area contributed by atoms with Crippen LogP contribution in [0.15, 0.2) is 27.9 Å². The summed E-state index contributed by atoms with van der Waals surface area (Å²) < 4.78 is 31.2. The lowest BCUT2D eigenvalue weighted by Gasteiger charge is -2.08. The molecule has 0 atom stereocenters. The van der Waals surface area contributed by atoms with Gasteiger partial charge in [-0.2, -0.15) is 4.98 Å². The zero-order valence-electron chi connectivity index (χ0n) is 9.99. The molecular formula is C9H12N6O3S. The zero-order valence-corrected chi connectivity index (χ0v) is 10.8. The van der Waals surface area contributed by atoms with Gasteiger partial charge in [-0.05, 0) is 19.1 Å². The van der Waals surface area contributed by atoms with Gasteiger partial charge in [-0.15, -0.1) is 0 Å². The van der Waals surface area contributed by atoms with Crippen LogP contribution in [0.4, 0.5) is 5.69 Å². The monoisotopic (exact) mass is 284 g/mol. The van der Waals surface area contributed by atoms with Gasteiger partial charge in [0.25, 0.3) is 10.0 Å². The summed E-state index contributed by atoms with van der Waals surface area (Å²) in [5, 5.41) is 3.35. The van der Waals surface area contributed by atoms with Crippen molar-refractivity contribution in [3.63, 3.8) is 0 Å². The van der Waals surface area contributed by atoms with Crippen LogP contribution >= 0.6 is 0 Å². The summed E-state index contributed by atoms with van der Waals surface area (Å²) in [5.74, 6) is 5.83. The minimum absolute atomic E-state index is 0.121. The van der Waals surface area contributed by atoms with E-state index in [2.05, 4.69) is 25.3 Å². The van der Waals surface area contributed by atoms with E-state index in [1.165, 1.54) is 12.3 Å². The van der Waals surface area contributed by atoms with Gasteiger partial charge < -0.3 is 9.95 Å². The minimum Gasteiger partial charge on any atom is -0.338 e. The Morgan fingerprint density at radius 3 is 2.89 bits per heavy atom. The molecule has 2 aromatic rings. The van der Waals surface area contributed by atoms with Gasteiger partial charge in [0.15, 0.2) is 10.9 Å². The van der Waals surface area contributed by atoms with E-state index in [0.29, 0.717) is 5.82 Å². The molecule has 102 valence electrons.